The maximum atomic E-state index is 11.2. The summed E-state index contributed by atoms with van der Waals surface area (Å²) in [6, 6.07) is 7.12. The summed E-state index contributed by atoms with van der Waals surface area (Å²) >= 11 is 5.73. The number of primary sulfonamides is 1. The van der Waals surface area contributed by atoms with E-state index in [2.05, 4.69) is 0 Å². The molecule has 1 aromatic carbocycles. The monoisotopic (exact) mass is 247 g/mol. The number of sulfonamides is 1. The maximum Gasteiger partial charge on any atom is 0.212 e. The van der Waals surface area contributed by atoms with Crippen molar-refractivity contribution in [2.24, 2.45) is 5.14 Å². The first-order chi connectivity index (χ1) is 6.93. The third kappa shape index (κ3) is 3.81. The van der Waals surface area contributed by atoms with Crippen molar-refractivity contribution < 1.29 is 8.42 Å². The lowest BCUT2D eigenvalue weighted by molar-refractivity contribution is 0.575. The Kier molecular flexibility index (Phi) is 4.13. The minimum Gasteiger partial charge on any atom is -0.228 e. The van der Waals surface area contributed by atoms with Crippen molar-refractivity contribution in [3.05, 3.63) is 34.9 Å². The molecule has 0 radical (unpaired) electrons. The molecule has 0 fully saturated rings. The number of nitrogens with two attached hydrogens (primary N) is 1. The fourth-order valence-electron chi connectivity index (χ4n) is 1.38. The van der Waals surface area contributed by atoms with E-state index in [-0.39, 0.29) is 0 Å². The highest BCUT2D eigenvalue weighted by atomic mass is 35.5. The van der Waals surface area contributed by atoms with Gasteiger partial charge in [0.05, 0.1) is 5.25 Å². The van der Waals surface area contributed by atoms with Crippen LogP contribution in [0.1, 0.15) is 18.9 Å². The molecule has 3 nitrogen and oxygen atoms in total. The molecule has 0 aliphatic heterocycles. The Bertz CT molecular complexity index is 414. The van der Waals surface area contributed by atoms with E-state index in [4.69, 9.17) is 16.7 Å². The average molecular weight is 248 g/mol. The number of hydrogen-bond acceptors (Lipinski definition) is 2. The molecule has 5 heteroatoms. The van der Waals surface area contributed by atoms with Crippen LogP contribution in [-0.2, 0) is 16.4 Å². The van der Waals surface area contributed by atoms with Crippen LogP contribution in [0.3, 0.4) is 0 Å². The van der Waals surface area contributed by atoms with Gasteiger partial charge in [0, 0.05) is 5.02 Å². The zero-order chi connectivity index (χ0) is 11.5. The van der Waals surface area contributed by atoms with Crippen LogP contribution in [-0.4, -0.2) is 13.7 Å². The highest BCUT2D eigenvalue weighted by molar-refractivity contribution is 7.89. The van der Waals surface area contributed by atoms with E-state index in [9.17, 15) is 8.42 Å². The van der Waals surface area contributed by atoms with Crippen LogP contribution in [0.25, 0.3) is 0 Å². The van der Waals surface area contributed by atoms with E-state index in [0.717, 1.165) is 5.56 Å². The molecule has 0 bridgehead atoms. The van der Waals surface area contributed by atoms with Crippen LogP contribution in [0.5, 0.6) is 0 Å². The first kappa shape index (κ1) is 12.5. The minimum atomic E-state index is -3.46. The van der Waals surface area contributed by atoms with Crippen molar-refractivity contribution in [3.63, 3.8) is 0 Å². The highest BCUT2D eigenvalue weighted by Gasteiger charge is 2.19. The van der Waals surface area contributed by atoms with Gasteiger partial charge < -0.3 is 0 Å². The Balaban J connectivity index is 2.80. The smallest absolute Gasteiger partial charge is 0.212 e. The van der Waals surface area contributed by atoms with E-state index < -0.39 is 15.3 Å². The molecule has 1 rings (SSSR count). The summed E-state index contributed by atoms with van der Waals surface area (Å²) in [5.74, 6) is 0. The van der Waals surface area contributed by atoms with Gasteiger partial charge in [0.15, 0.2) is 0 Å². The van der Waals surface area contributed by atoms with Crippen LogP contribution in [0.4, 0.5) is 0 Å². The zero-order valence-corrected chi connectivity index (χ0v) is 10.1. The van der Waals surface area contributed by atoms with Gasteiger partial charge in [-0.2, -0.15) is 0 Å². The summed E-state index contributed by atoms with van der Waals surface area (Å²) in [6.45, 7) is 1.81. The molecule has 2 N–H and O–H groups in total. The van der Waals surface area contributed by atoms with Crippen molar-refractivity contribution >= 4 is 21.6 Å². The van der Waals surface area contributed by atoms with Gasteiger partial charge in [-0.15, -0.1) is 0 Å². The van der Waals surface area contributed by atoms with Crippen LogP contribution in [0.15, 0.2) is 24.3 Å². The second kappa shape index (κ2) is 4.96. The van der Waals surface area contributed by atoms with Crippen molar-refractivity contribution in [2.75, 3.05) is 0 Å². The quantitative estimate of drug-likeness (QED) is 0.884. The number of halogens is 1. The maximum absolute atomic E-state index is 11.2. The van der Waals surface area contributed by atoms with Gasteiger partial charge in [-0.3, -0.25) is 0 Å². The summed E-state index contributed by atoms with van der Waals surface area (Å²) in [7, 11) is -3.46. The van der Waals surface area contributed by atoms with E-state index in [0.29, 0.717) is 17.9 Å². The molecule has 0 saturated heterocycles. The molecule has 0 heterocycles. The zero-order valence-electron chi connectivity index (χ0n) is 8.48. The third-order valence-corrected chi connectivity index (χ3v) is 3.98. The molecule has 15 heavy (non-hydrogen) atoms. The minimum absolute atomic E-state index is 0.437. The summed E-state index contributed by atoms with van der Waals surface area (Å²) in [5, 5.41) is 5.24. The lowest BCUT2D eigenvalue weighted by Gasteiger charge is -2.12. The second-order valence-electron chi connectivity index (χ2n) is 3.45. The Labute approximate surface area is 95.3 Å². The third-order valence-electron chi connectivity index (χ3n) is 2.30. The Hall–Kier alpha value is -0.580. The number of hydrogen-bond donors (Lipinski definition) is 1. The van der Waals surface area contributed by atoms with Crippen LogP contribution in [0.2, 0.25) is 5.02 Å². The summed E-state index contributed by atoms with van der Waals surface area (Å²) in [4.78, 5) is 0. The predicted octanol–water partition coefficient (Wildman–Crippen LogP) is 1.95. The summed E-state index contributed by atoms with van der Waals surface area (Å²) in [5.41, 5.74) is 0.931. The molecule has 84 valence electrons. The Morgan fingerprint density at radius 3 is 2.27 bits per heavy atom. The van der Waals surface area contributed by atoms with Crippen LogP contribution in [0, 0.1) is 0 Å². The van der Waals surface area contributed by atoms with Gasteiger partial charge >= 0.3 is 0 Å². The first-order valence-electron chi connectivity index (χ1n) is 4.69. The molecular weight excluding hydrogens is 234 g/mol. The van der Waals surface area contributed by atoms with E-state index in [1.165, 1.54) is 0 Å². The fourth-order valence-corrected chi connectivity index (χ4v) is 2.39. The van der Waals surface area contributed by atoms with E-state index >= 15 is 0 Å². The van der Waals surface area contributed by atoms with Crippen LogP contribution < -0.4 is 5.14 Å². The fraction of sp³-hybridized carbons (Fsp3) is 0.400. The van der Waals surface area contributed by atoms with Gasteiger partial charge in [-0.25, -0.2) is 13.6 Å². The van der Waals surface area contributed by atoms with Crippen molar-refractivity contribution in [3.8, 4) is 0 Å². The topological polar surface area (TPSA) is 60.2 Å². The van der Waals surface area contributed by atoms with Gasteiger partial charge in [-0.05, 0) is 30.5 Å². The van der Waals surface area contributed by atoms with Crippen molar-refractivity contribution in [1.82, 2.24) is 0 Å². The van der Waals surface area contributed by atoms with Gasteiger partial charge in [0.25, 0.3) is 0 Å². The number of benzene rings is 1. The van der Waals surface area contributed by atoms with Gasteiger partial charge in [-0.1, -0.05) is 30.7 Å². The molecule has 0 aliphatic rings. The summed E-state index contributed by atoms with van der Waals surface area (Å²) in [6.07, 6.45) is 0.952. The first-order valence-corrected chi connectivity index (χ1v) is 6.68. The molecule has 1 atom stereocenters. The molecule has 0 saturated carbocycles. The molecule has 0 spiro atoms. The summed E-state index contributed by atoms with van der Waals surface area (Å²) < 4.78 is 22.4. The molecule has 1 aromatic rings. The largest absolute Gasteiger partial charge is 0.228 e. The molecule has 0 aromatic heterocycles. The van der Waals surface area contributed by atoms with E-state index in [1.807, 2.05) is 19.1 Å². The van der Waals surface area contributed by atoms with Gasteiger partial charge in [0.1, 0.15) is 0 Å². The lowest BCUT2D eigenvalue weighted by atomic mass is 10.1. The SMILES string of the molecule is CCC(Cc1ccc(Cl)cc1)S(N)(=O)=O. The second-order valence-corrected chi connectivity index (χ2v) is 5.73. The molecular formula is C10H14ClNO2S. The Morgan fingerprint density at radius 2 is 1.87 bits per heavy atom. The number of rotatable bonds is 4. The molecule has 1 unspecified atom stereocenters. The normalized spacial score (nSPS) is 13.8. The van der Waals surface area contributed by atoms with Crippen molar-refractivity contribution in [2.45, 2.75) is 25.0 Å². The van der Waals surface area contributed by atoms with Crippen LogP contribution >= 0.6 is 11.6 Å². The standard InChI is InChI=1S/C10H14ClNO2S/c1-2-10(15(12,13)14)7-8-3-5-9(11)6-4-8/h3-6,10H,2,7H2,1H3,(H2,12,13,14). The average Bonchev–Trinajstić information content (AvgIpc) is 2.15. The lowest BCUT2D eigenvalue weighted by Crippen LogP contribution is -2.29. The van der Waals surface area contributed by atoms with Gasteiger partial charge in [0.2, 0.25) is 10.0 Å². The molecule has 0 aliphatic carbocycles. The highest BCUT2D eigenvalue weighted by Crippen LogP contribution is 2.14. The Morgan fingerprint density at radius 1 is 1.33 bits per heavy atom. The predicted molar refractivity (Wildman–Crippen MR) is 62.3 cm³/mol. The molecule has 0 amide bonds. The van der Waals surface area contributed by atoms with E-state index in [1.54, 1.807) is 12.1 Å². The van der Waals surface area contributed by atoms with Crippen molar-refractivity contribution in [1.29, 1.82) is 0 Å².